The first-order valence-corrected chi connectivity index (χ1v) is 17.9. The van der Waals surface area contributed by atoms with Crippen LogP contribution in [-0.4, -0.2) is 61.0 Å². The topological polar surface area (TPSA) is 152 Å². The number of nitriles is 1. The summed E-state index contributed by atoms with van der Waals surface area (Å²) >= 11 is 0. The van der Waals surface area contributed by atoms with Crippen molar-refractivity contribution in [3.05, 3.63) is 131 Å². The summed E-state index contributed by atoms with van der Waals surface area (Å²) in [4.78, 5) is 53.4. The summed E-state index contributed by atoms with van der Waals surface area (Å²) in [6.45, 7) is 7.59. The summed E-state index contributed by atoms with van der Waals surface area (Å²) in [5.74, 6) is -2.60. The highest BCUT2D eigenvalue weighted by Gasteiger charge is 2.42. The first kappa shape index (κ1) is 41.8. The van der Waals surface area contributed by atoms with Crippen LogP contribution in [0, 0.1) is 17.2 Å². The van der Waals surface area contributed by atoms with Gasteiger partial charge in [-0.1, -0.05) is 92.7 Å². The van der Waals surface area contributed by atoms with Crippen molar-refractivity contribution in [1.29, 1.82) is 5.26 Å². The fourth-order valence-corrected chi connectivity index (χ4v) is 5.94. The maximum Gasteiger partial charge on any atom is 0.412 e. The molecule has 10 nitrogen and oxygen atoms in total. The minimum atomic E-state index is -4.83. The highest BCUT2D eigenvalue weighted by atomic mass is 19.4. The van der Waals surface area contributed by atoms with Crippen molar-refractivity contribution in [3.8, 4) is 17.2 Å². The average Bonchev–Trinajstić information content (AvgIpc) is 3.17. The first-order chi connectivity index (χ1) is 26.2. The van der Waals surface area contributed by atoms with Crippen LogP contribution in [0.4, 0.5) is 13.2 Å². The molecular weight excluding hydrogens is 709 g/mol. The number of hydrogen-bond donors (Lipinski definition) is 5. The smallest absolute Gasteiger partial charge is 0.355 e. The number of benzene rings is 4. The summed E-state index contributed by atoms with van der Waals surface area (Å²) in [5.41, 5.74) is 1.31. The van der Waals surface area contributed by atoms with Crippen LogP contribution in [0.5, 0.6) is 0 Å². The van der Waals surface area contributed by atoms with Gasteiger partial charge in [0, 0.05) is 30.3 Å². The van der Waals surface area contributed by atoms with Gasteiger partial charge in [0.25, 0.3) is 11.8 Å². The quantitative estimate of drug-likeness (QED) is 0.0968. The van der Waals surface area contributed by atoms with Gasteiger partial charge >= 0.3 is 6.18 Å². The van der Waals surface area contributed by atoms with E-state index in [1.165, 1.54) is 42.5 Å². The third-order valence-electron chi connectivity index (χ3n) is 8.87. The molecule has 4 rings (SSSR count). The fourth-order valence-electron chi connectivity index (χ4n) is 5.94. The van der Waals surface area contributed by atoms with Gasteiger partial charge in [-0.3, -0.25) is 19.2 Å². The molecule has 5 N–H and O–H groups in total. The summed E-state index contributed by atoms with van der Waals surface area (Å²) < 4.78 is 42.7. The number of rotatable bonds is 16. The Bertz CT molecular complexity index is 1980. The molecule has 1 unspecified atom stereocenters. The predicted molar refractivity (Wildman–Crippen MR) is 204 cm³/mol. The second-order valence-corrected chi connectivity index (χ2v) is 13.4. The molecule has 0 saturated heterocycles. The monoisotopic (exact) mass is 754 g/mol. The molecule has 288 valence electrons. The molecule has 0 saturated carbocycles. The molecule has 0 heterocycles. The number of nitrogens with one attached hydrogen (secondary N) is 5. The van der Waals surface area contributed by atoms with E-state index >= 15 is 0 Å². The maximum atomic E-state index is 14.2. The Kier molecular flexibility index (Phi) is 14.7. The van der Waals surface area contributed by atoms with Crippen LogP contribution < -0.4 is 26.6 Å². The van der Waals surface area contributed by atoms with Gasteiger partial charge in [0.05, 0.1) is 17.7 Å². The summed E-state index contributed by atoms with van der Waals surface area (Å²) in [6, 6.07) is 24.3. The number of halogens is 3. The third kappa shape index (κ3) is 11.7. The number of carbonyl (C=O) groups excluding carboxylic acids is 4. The molecule has 0 fully saturated rings. The van der Waals surface area contributed by atoms with Gasteiger partial charge < -0.3 is 26.6 Å². The summed E-state index contributed by atoms with van der Waals surface area (Å²) in [6.07, 6.45) is -4.50. The maximum absolute atomic E-state index is 14.2. The van der Waals surface area contributed by atoms with E-state index in [1.807, 2.05) is 44.2 Å². The molecule has 4 atom stereocenters. The number of hydrogen-bond acceptors (Lipinski definition) is 6. The number of nitrogens with zero attached hydrogens (tertiary/aromatic N) is 1. The fraction of sp³-hybridized carbons (Fsp3) is 0.310. The van der Waals surface area contributed by atoms with E-state index in [0.29, 0.717) is 18.5 Å². The third-order valence-corrected chi connectivity index (χ3v) is 8.87. The van der Waals surface area contributed by atoms with E-state index in [4.69, 9.17) is 0 Å². The number of carbonyl (C=O) groups is 4. The molecule has 13 heteroatoms. The Morgan fingerprint density at radius 2 is 1.33 bits per heavy atom. The van der Waals surface area contributed by atoms with Crippen LogP contribution in [0.15, 0.2) is 103 Å². The van der Waals surface area contributed by atoms with E-state index in [-0.39, 0.29) is 46.2 Å². The van der Waals surface area contributed by atoms with E-state index in [2.05, 4.69) is 32.7 Å². The van der Waals surface area contributed by atoms with Crippen molar-refractivity contribution < 1.29 is 32.3 Å². The zero-order chi connectivity index (χ0) is 40.1. The molecule has 4 aromatic rings. The molecule has 0 aromatic heterocycles. The molecule has 0 bridgehead atoms. The van der Waals surface area contributed by atoms with Crippen LogP contribution in [0.1, 0.15) is 71.1 Å². The second-order valence-electron chi connectivity index (χ2n) is 13.4. The number of amides is 4. The minimum absolute atomic E-state index is 0.0378. The Labute approximate surface area is 318 Å². The van der Waals surface area contributed by atoms with Gasteiger partial charge in [-0.2, -0.15) is 18.4 Å². The van der Waals surface area contributed by atoms with E-state index < -0.39 is 48.1 Å². The lowest BCUT2D eigenvalue weighted by atomic mass is 9.95. The van der Waals surface area contributed by atoms with Crippen molar-refractivity contribution in [2.45, 2.75) is 64.5 Å². The zero-order valence-electron chi connectivity index (χ0n) is 31.0. The molecule has 4 aromatic carbocycles. The van der Waals surface area contributed by atoms with E-state index in [0.717, 1.165) is 5.56 Å². The van der Waals surface area contributed by atoms with E-state index in [9.17, 15) is 37.6 Å². The van der Waals surface area contributed by atoms with Gasteiger partial charge in [-0.05, 0) is 72.7 Å². The predicted octanol–water partition coefficient (Wildman–Crippen LogP) is 5.85. The van der Waals surface area contributed by atoms with Crippen molar-refractivity contribution in [1.82, 2.24) is 26.6 Å². The average molecular weight is 755 g/mol. The van der Waals surface area contributed by atoms with Gasteiger partial charge in [0.15, 0.2) is 6.04 Å². The summed E-state index contributed by atoms with van der Waals surface area (Å²) in [7, 11) is 0. The highest BCUT2D eigenvalue weighted by Crippen LogP contribution is 2.33. The first-order valence-electron chi connectivity index (χ1n) is 17.9. The van der Waals surface area contributed by atoms with Crippen molar-refractivity contribution in [2.24, 2.45) is 5.92 Å². The highest BCUT2D eigenvalue weighted by molar-refractivity contribution is 6.02. The van der Waals surface area contributed by atoms with Gasteiger partial charge in [-0.25, -0.2) is 0 Å². The lowest BCUT2D eigenvalue weighted by Gasteiger charge is -2.25. The molecule has 4 amide bonds. The minimum Gasteiger partial charge on any atom is -0.355 e. The Morgan fingerprint density at radius 3 is 1.91 bits per heavy atom. The van der Waals surface area contributed by atoms with Crippen LogP contribution in [-0.2, 0) is 16.0 Å². The summed E-state index contributed by atoms with van der Waals surface area (Å²) in [5, 5.41) is 23.5. The standard InChI is InChI=1S/C42H45F3N6O4/c1-5-47-41(55)36(26(2)3)50-38(52)27(4)48-25-34(20-28-14-8-6-9-15-28)49-39(53)32-21-31(35-19-13-12-18-30(35)24-46)22-33(23-32)40(54)51-37(42(43,44)45)29-16-10-7-11-17-29/h6-19,21-23,26-27,34,36-37,48H,5,20,25H2,1-4H3,(H,47,55)(H,49,53)(H,50,52)(H,51,54)/t27-,34-,36-,37?/m0/s1. The lowest BCUT2D eigenvalue weighted by Crippen LogP contribution is -2.55. The Hall–Kier alpha value is -6.00. The van der Waals surface area contributed by atoms with Crippen molar-refractivity contribution >= 4 is 23.6 Å². The van der Waals surface area contributed by atoms with Gasteiger partial charge in [0.1, 0.15) is 6.04 Å². The number of likely N-dealkylation sites (N-methyl/N-ethyl adjacent to an activating group) is 1. The molecule has 0 radical (unpaired) electrons. The molecule has 0 aliphatic heterocycles. The van der Waals surface area contributed by atoms with Gasteiger partial charge in [0.2, 0.25) is 11.8 Å². The zero-order valence-corrected chi connectivity index (χ0v) is 31.0. The largest absolute Gasteiger partial charge is 0.412 e. The Balaban J connectivity index is 1.65. The van der Waals surface area contributed by atoms with Crippen LogP contribution >= 0.6 is 0 Å². The Morgan fingerprint density at radius 1 is 0.745 bits per heavy atom. The normalized spacial score (nSPS) is 13.4. The van der Waals surface area contributed by atoms with Crippen LogP contribution in [0.3, 0.4) is 0 Å². The second kappa shape index (κ2) is 19.4. The van der Waals surface area contributed by atoms with Crippen LogP contribution in [0.2, 0.25) is 0 Å². The molecule has 55 heavy (non-hydrogen) atoms. The SMILES string of the molecule is CCNC(=O)[C@@H](NC(=O)[C@H](C)NC[C@H](Cc1ccccc1)NC(=O)c1cc(C(=O)NC(c2ccccc2)C(F)(F)F)cc(-c2ccccc2C#N)c1)C(C)C. The molecule has 0 spiro atoms. The van der Waals surface area contributed by atoms with Crippen molar-refractivity contribution in [2.75, 3.05) is 13.1 Å². The van der Waals surface area contributed by atoms with E-state index in [1.54, 1.807) is 44.2 Å². The lowest BCUT2D eigenvalue weighted by molar-refractivity contribution is -0.155. The molecule has 0 aliphatic rings. The van der Waals surface area contributed by atoms with Gasteiger partial charge in [-0.15, -0.1) is 0 Å². The molecular formula is C42H45F3N6O4. The van der Waals surface area contributed by atoms with Crippen molar-refractivity contribution in [3.63, 3.8) is 0 Å². The molecule has 0 aliphatic carbocycles. The van der Waals surface area contributed by atoms with Crippen LogP contribution in [0.25, 0.3) is 11.1 Å². The number of alkyl halides is 3.